The Hall–Kier alpha value is -7.05. The van der Waals surface area contributed by atoms with Crippen LogP contribution in [-0.2, 0) is 0 Å². The molecule has 0 unspecified atom stereocenters. The van der Waals surface area contributed by atoms with Gasteiger partial charge in [0.15, 0.2) is 17.5 Å². The number of nitrogens with zero attached hydrogens (tertiary/aromatic N) is 4. The molecule has 0 fully saturated rings. The Kier molecular flexibility index (Phi) is 5.86. The van der Waals surface area contributed by atoms with Crippen molar-refractivity contribution in [3.63, 3.8) is 0 Å². The summed E-state index contributed by atoms with van der Waals surface area (Å²) in [5, 5.41) is 6.35. The summed E-state index contributed by atoms with van der Waals surface area (Å²) in [4.78, 5) is 15.3. The highest BCUT2D eigenvalue weighted by Crippen LogP contribution is 2.43. The van der Waals surface area contributed by atoms with E-state index in [9.17, 15) is 0 Å². The van der Waals surface area contributed by atoms with Crippen LogP contribution in [0, 0.1) is 0 Å². The van der Waals surface area contributed by atoms with E-state index in [1.165, 1.54) is 0 Å². The Morgan fingerprint density at radius 2 is 0.980 bits per heavy atom. The lowest BCUT2D eigenvalue weighted by Crippen LogP contribution is -2.01. The molecule has 0 bridgehead atoms. The van der Waals surface area contributed by atoms with Crippen LogP contribution in [0.3, 0.4) is 0 Å². The first kappa shape index (κ1) is 27.9. The highest BCUT2D eigenvalue weighted by Gasteiger charge is 2.23. The van der Waals surface area contributed by atoms with Crippen LogP contribution >= 0.6 is 0 Å². The predicted octanol–water partition coefficient (Wildman–Crippen LogP) is 11.8. The standard InChI is InChI=1S/C45H26N4O2/c1-3-13-27(14-4-1)43-46-44(28-15-5-2-6-16-28)48-45(47-43)34-25-29(26-39-40(34)33-19-9-12-22-38(33)50-39)49-35-20-10-7-18-32(35)41-36(49)24-23-31-30-17-8-11-21-37(30)51-42(31)41/h1-26H. The van der Waals surface area contributed by atoms with Gasteiger partial charge >= 0.3 is 0 Å². The number of hydrogen-bond donors (Lipinski definition) is 0. The second-order valence-corrected chi connectivity index (χ2v) is 12.8. The third kappa shape index (κ3) is 4.20. The van der Waals surface area contributed by atoms with Crippen LogP contribution in [0.4, 0.5) is 0 Å². The maximum absolute atomic E-state index is 6.61. The minimum atomic E-state index is 0.571. The topological polar surface area (TPSA) is 69.9 Å². The van der Waals surface area contributed by atoms with Crippen molar-refractivity contribution in [2.75, 3.05) is 0 Å². The summed E-state index contributed by atoms with van der Waals surface area (Å²) in [6.45, 7) is 0. The Morgan fingerprint density at radius 3 is 1.71 bits per heavy atom. The van der Waals surface area contributed by atoms with Crippen LogP contribution < -0.4 is 0 Å². The molecular weight excluding hydrogens is 629 g/mol. The van der Waals surface area contributed by atoms with Gasteiger partial charge in [0.2, 0.25) is 0 Å². The molecule has 0 N–H and O–H groups in total. The van der Waals surface area contributed by atoms with Gasteiger partial charge in [-0.25, -0.2) is 15.0 Å². The number of rotatable bonds is 4. The Morgan fingerprint density at radius 1 is 0.392 bits per heavy atom. The normalized spacial score (nSPS) is 11.9. The smallest absolute Gasteiger partial charge is 0.164 e. The molecule has 11 aromatic rings. The molecule has 0 saturated carbocycles. The van der Waals surface area contributed by atoms with E-state index in [4.69, 9.17) is 23.8 Å². The lowest BCUT2D eigenvalue weighted by Gasteiger charge is -2.13. The summed E-state index contributed by atoms with van der Waals surface area (Å²) in [5.74, 6) is 1.78. The molecule has 11 rings (SSSR count). The monoisotopic (exact) mass is 654 g/mol. The zero-order chi connectivity index (χ0) is 33.5. The zero-order valence-electron chi connectivity index (χ0n) is 27.1. The molecule has 4 aromatic heterocycles. The molecule has 0 saturated heterocycles. The number of hydrogen-bond acceptors (Lipinski definition) is 5. The van der Waals surface area contributed by atoms with Crippen molar-refractivity contribution in [2.45, 2.75) is 0 Å². The second-order valence-electron chi connectivity index (χ2n) is 12.8. The number of benzene rings is 7. The fourth-order valence-corrected chi connectivity index (χ4v) is 7.59. The average Bonchev–Trinajstić information content (AvgIpc) is 3.87. The fourth-order valence-electron chi connectivity index (χ4n) is 7.59. The molecule has 0 spiro atoms. The number of fused-ring (bicyclic) bond motifs is 10. The maximum atomic E-state index is 6.61. The van der Waals surface area contributed by atoms with Crippen molar-refractivity contribution in [3.8, 4) is 39.9 Å². The average molecular weight is 655 g/mol. The Labute approximate surface area is 290 Å². The third-order valence-electron chi connectivity index (χ3n) is 9.84. The molecule has 0 aliphatic heterocycles. The minimum Gasteiger partial charge on any atom is -0.456 e. The van der Waals surface area contributed by atoms with Crippen LogP contribution in [0.25, 0.3) is 106 Å². The van der Waals surface area contributed by atoms with E-state index in [0.29, 0.717) is 17.5 Å². The summed E-state index contributed by atoms with van der Waals surface area (Å²) >= 11 is 0. The summed E-state index contributed by atoms with van der Waals surface area (Å²) in [6.07, 6.45) is 0. The number of para-hydroxylation sites is 3. The minimum absolute atomic E-state index is 0.571. The lowest BCUT2D eigenvalue weighted by atomic mass is 10.0. The van der Waals surface area contributed by atoms with Gasteiger partial charge in [0, 0.05) is 49.7 Å². The zero-order valence-corrected chi connectivity index (χ0v) is 27.1. The van der Waals surface area contributed by atoms with Crippen molar-refractivity contribution in [1.29, 1.82) is 0 Å². The highest BCUT2D eigenvalue weighted by atomic mass is 16.3. The van der Waals surface area contributed by atoms with Crippen molar-refractivity contribution < 1.29 is 8.83 Å². The molecule has 238 valence electrons. The summed E-state index contributed by atoms with van der Waals surface area (Å²) in [6, 6.07) is 53.7. The fraction of sp³-hybridized carbons (Fsp3) is 0. The first-order chi connectivity index (χ1) is 25.3. The second kappa shape index (κ2) is 10.7. The molecule has 0 amide bonds. The van der Waals surface area contributed by atoms with E-state index in [1.807, 2.05) is 91.0 Å². The van der Waals surface area contributed by atoms with Crippen molar-refractivity contribution in [3.05, 3.63) is 158 Å². The van der Waals surface area contributed by atoms with Crippen molar-refractivity contribution in [2.24, 2.45) is 0 Å². The maximum Gasteiger partial charge on any atom is 0.164 e. The lowest BCUT2D eigenvalue weighted by molar-refractivity contribution is 0.668. The largest absolute Gasteiger partial charge is 0.456 e. The third-order valence-corrected chi connectivity index (χ3v) is 9.84. The van der Waals surface area contributed by atoms with E-state index < -0.39 is 0 Å². The van der Waals surface area contributed by atoms with E-state index in [-0.39, 0.29) is 0 Å². The van der Waals surface area contributed by atoms with Gasteiger partial charge in [-0.3, -0.25) is 0 Å². The molecule has 6 heteroatoms. The van der Waals surface area contributed by atoms with Crippen molar-refractivity contribution >= 4 is 65.7 Å². The Balaban J connectivity index is 1.25. The van der Waals surface area contributed by atoms with Gasteiger partial charge in [-0.05, 0) is 36.4 Å². The molecular formula is C45H26N4O2. The van der Waals surface area contributed by atoms with Crippen LogP contribution in [-0.4, -0.2) is 19.5 Å². The molecule has 0 radical (unpaired) electrons. The summed E-state index contributed by atoms with van der Waals surface area (Å²) in [7, 11) is 0. The van der Waals surface area contributed by atoms with Gasteiger partial charge in [0.1, 0.15) is 22.3 Å². The molecule has 0 atom stereocenters. The first-order valence-electron chi connectivity index (χ1n) is 16.9. The SMILES string of the molecule is c1ccc(-c2nc(-c3ccccc3)nc(-c3cc(-n4c5ccccc5c5c6oc7ccccc7c6ccc54)cc4oc5ccccc5c34)n2)cc1. The van der Waals surface area contributed by atoms with Gasteiger partial charge in [0.05, 0.1) is 22.1 Å². The highest BCUT2D eigenvalue weighted by molar-refractivity contribution is 6.24. The van der Waals surface area contributed by atoms with Crippen LogP contribution in [0.1, 0.15) is 0 Å². The van der Waals surface area contributed by atoms with E-state index in [1.54, 1.807) is 0 Å². The molecule has 0 aliphatic rings. The molecule has 0 aliphatic carbocycles. The van der Waals surface area contributed by atoms with Gasteiger partial charge in [-0.1, -0.05) is 115 Å². The van der Waals surface area contributed by atoms with Gasteiger partial charge in [-0.2, -0.15) is 0 Å². The number of aromatic nitrogens is 4. The quantitative estimate of drug-likeness (QED) is 0.189. The van der Waals surface area contributed by atoms with Crippen LogP contribution in [0.15, 0.2) is 167 Å². The summed E-state index contributed by atoms with van der Waals surface area (Å²) in [5.41, 5.74) is 9.04. The van der Waals surface area contributed by atoms with Gasteiger partial charge < -0.3 is 13.4 Å². The molecule has 51 heavy (non-hydrogen) atoms. The van der Waals surface area contributed by atoms with Crippen LogP contribution in [0.5, 0.6) is 0 Å². The molecule has 7 aromatic carbocycles. The van der Waals surface area contributed by atoms with E-state index >= 15 is 0 Å². The molecule has 6 nitrogen and oxygen atoms in total. The predicted molar refractivity (Wildman–Crippen MR) is 205 cm³/mol. The number of furan rings is 2. The van der Waals surface area contributed by atoms with E-state index in [0.717, 1.165) is 88.1 Å². The summed E-state index contributed by atoms with van der Waals surface area (Å²) < 4.78 is 15.5. The molecule has 4 heterocycles. The Bertz CT molecular complexity index is 3080. The van der Waals surface area contributed by atoms with Crippen molar-refractivity contribution in [1.82, 2.24) is 19.5 Å². The first-order valence-corrected chi connectivity index (χ1v) is 16.9. The van der Waals surface area contributed by atoms with Crippen LogP contribution in [0.2, 0.25) is 0 Å². The van der Waals surface area contributed by atoms with Gasteiger partial charge in [-0.15, -0.1) is 0 Å². The van der Waals surface area contributed by atoms with Gasteiger partial charge in [0.25, 0.3) is 0 Å². The van der Waals surface area contributed by atoms with E-state index in [2.05, 4.69) is 71.3 Å².